The maximum atomic E-state index is 14.0. The summed E-state index contributed by atoms with van der Waals surface area (Å²) in [7, 11) is -1.85. The van der Waals surface area contributed by atoms with Gasteiger partial charge in [0.05, 0.1) is 15.9 Å². The van der Waals surface area contributed by atoms with Crippen LogP contribution in [0.25, 0.3) is 11.1 Å². The van der Waals surface area contributed by atoms with Crippen LogP contribution in [0.2, 0.25) is 0 Å². The fourth-order valence-electron chi connectivity index (χ4n) is 4.27. The second-order valence-corrected chi connectivity index (χ2v) is 10.6. The molecule has 1 fully saturated rings. The number of ether oxygens (including phenoxy) is 2. The van der Waals surface area contributed by atoms with E-state index < -0.39 is 27.9 Å². The Kier molecular flexibility index (Phi) is 5.91. The molecule has 11 heteroatoms. The number of alkyl halides is 3. The van der Waals surface area contributed by atoms with Gasteiger partial charge in [-0.25, -0.2) is 4.72 Å². The van der Waals surface area contributed by atoms with Gasteiger partial charge in [0.1, 0.15) is 0 Å². The predicted molar refractivity (Wildman–Crippen MR) is 129 cm³/mol. The van der Waals surface area contributed by atoms with Crippen molar-refractivity contribution in [2.45, 2.75) is 29.3 Å². The van der Waals surface area contributed by atoms with Crippen molar-refractivity contribution in [3.63, 3.8) is 0 Å². The summed E-state index contributed by atoms with van der Waals surface area (Å²) < 4.78 is 75.0. The van der Waals surface area contributed by atoms with Gasteiger partial charge in [0, 0.05) is 12.7 Å². The topological polar surface area (TPSA) is 100 Å². The Morgan fingerprint density at radius 3 is 2.31 bits per heavy atom. The third kappa shape index (κ3) is 4.39. The third-order valence-electron chi connectivity index (χ3n) is 6.47. The summed E-state index contributed by atoms with van der Waals surface area (Å²) in [6.45, 7) is 0.102. The molecule has 1 saturated carbocycles. The third-order valence-corrected chi connectivity index (χ3v) is 7.97. The molecule has 190 valence electrons. The molecule has 36 heavy (non-hydrogen) atoms. The number of hydrogen-bond acceptors (Lipinski definition) is 6. The Bertz CT molecular complexity index is 1320. The first kappa shape index (κ1) is 24.4. The monoisotopic (exact) mass is 520 g/mol. The van der Waals surface area contributed by atoms with Crippen molar-refractivity contribution >= 4 is 22.4 Å². The van der Waals surface area contributed by atoms with Crippen LogP contribution in [-0.2, 0) is 16.4 Å². The number of fused-ring (bicyclic) bond motifs is 1. The molecule has 5 rings (SSSR count). The van der Waals surface area contributed by atoms with E-state index in [0.29, 0.717) is 24.3 Å². The highest BCUT2D eigenvalue weighted by molar-refractivity contribution is 8.22. The first-order chi connectivity index (χ1) is 17.0. The average Bonchev–Trinajstić information content (AvgIpc) is 3.54. The number of halogens is 3. The molecule has 0 bridgehead atoms. The van der Waals surface area contributed by atoms with Gasteiger partial charge >= 0.3 is 6.18 Å². The van der Waals surface area contributed by atoms with E-state index in [1.165, 1.54) is 43.4 Å². The first-order valence-electron chi connectivity index (χ1n) is 11.0. The lowest BCUT2D eigenvalue weighted by Gasteiger charge is -2.31. The second kappa shape index (κ2) is 8.70. The zero-order valence-corrected chi connectivity index (χ0v) is 19.9. The predicted octanol–water partition coefficient (Wildman–Crippen LogP) is 6.02. The van der Waals surface area contributed by atoms with Gasteiger partial charge in [-0.1, -0.05) is 24.3 Å². The van der Waals surface area contributed by atoms with E-state index in [1.807, 2.05) is 0 Å². The lowest BCUT2D eigenvalue weighted by Crippen LogP contribution is -2.28. The van der Waals surface area contributed by atoms with Gasteiger partial charge < -0.3 is 14.8 Å². The molecule has 3 aromatic carbocycles. The van der Waals surface area contributed by atoms with Gasteiger partial charge in [-0.15, -0.1) is 10.8 Å². The number of amides is 1. The van der Waals surface area contributed by atoms with Crippen molar-refractivity contribution in [2.24, 2.45) is 0 Å². The number of carbonyl (C=O) groups excluding carboxylic acids is 1. The minimum Gasteiger partial charge on any atom is -0.454 e. The zero-order chi connectivity index (χ0) is 25.7. The summed E-state index contributed by atoms with van der Waals surface area (Å²) in [5.41, 5.74) is -0.834. The van der Waals surface area contributed by atoms with E-state index in [2.05, 4.69) is 10.0 Å². The Morgan fingerprint density at radius 2 is 1.67 bits per heavy atom. The molecule has 1 aliphatic carbocycles. The maximum Gasteiger partial charge on any atom is 0.417 e. The van der Waals surface area contributed by atoms with Crippen molar-refractivity contribution in [1.82, 2.24) is 4.72 Å². The van der Waals surface area contributed by atoms with Gasteiger partial charge in [-0.05, 0) is 65.9 Å². The highest BCUT2D eigenvalue weighted by atomic mass is 32.3. The van der Waals surface area contributed by atoms with E-state index in [9.17, 15) is 27.1 Å². The van der Waals surface area contributed by atoms with Gasteiger partial charge in [0.2, 0.25) is 12.7 Å². The van der Waals surface area contributed by atoms with Crippen LogP contribution in [0.15, 0.2) is 65.6 Å². The van der Waals surface area contributed by atoms with Crippen LogP contribution >= 0.6 is 10.8 Å². The number of nitrogens with one attached hydrogen (secondary N) is 2. The number of benzene rings is 3. The molecule has 0 aromatic heterocycles. The molecule has 7 nitrogen and oxygen atoms in total. The van der Waals surface area contributed by atoms with Crippen LogP contribution in [-0.4, -0.2) is 28.9 Å². The van der Waals surface area contributed by atoms with Gasteiger partial charge in [0.15, 0.2) is 11.5 Å². The van der Waals surface area contributed by atoms with Crippen molar-refractivity contribution in [2.75, 3.05) is 19.2 Å². The van der Waals surface area contributed by atoms with Gasteiger partial charge in [-0.2, -0.15) is 13.2 Å². The molecular weight excluding hydrogens is 497 g/mol. The minimum absolute atomic E-state index is 0.0316. The van der Waals surface area contributed by atoms with E-state index in [4.69, 9.17) is 9.47 Å². The molecule has 2 aliphatic rings. The molecule has 3 aromatic rings. The molecule has 0 atom stereocenters. The van der Waals surface area contributed by atoms with Crippen LogP contribution < -0.4 is 19.5 Å². The second-order valence-electron chi connectivity index (χ2n) is 8.64. The minimum atomic E-state index is -4.68. The normalized spacial score (nSPS) is 16.5. The van der Waals surface area contributed by atoms with Crippen molar-refractivity contribution in [3.8, 4) is 22.6 Å². The van der Waals surface area contributed by atoms with Crippen molar-refractivity contribution in [1.29, 1.82) is 0 Å². The summed E-state index contributed by atoms with van der Waals surface area (Å²) in [6.07, 6.45) is -3.54. The SMILES string of the molecule is CNS(O)(O)c1ccc(-c2ccc(NC(=O)C3(c4ccc5c(c4)OCO5)CC3)cc2C(F)(F)F)cc1. The van der Waals surface area contributed by atoms with E-state index in [1.54, 1.807) is 18.2 Å². The van der Waals surface area contributed by atoms with E-state index in [0.717, 1.165) is 11.6 Å². The standard InChI is InChI=1S/C25H23F3N2O5S/c1-29-36(32,33)18-6-2-15(3-7-18)19-8-5-17(13-20(19)25(26,27)28)30-23(31)24(10-11-24)16-4-9-21-22(12-16)35-14-34-21/h2-9,12-13,29,32-33H,10-11,14H2,1H3,(H,30,31). The number of anilines is 1. The first-order valence-corrected chi connectivity index (χ1v) is 12.6. The molecule has 1 amide bonds. The summed E-state index contributed by atoms with van der Waals surface area (Å²) >= 11 is 0. The molecular formula is C25H23F3N2O5S. The molecule has 1 aliphatic heterocycles. The van der Waals surface area contributed by atoms with Crippen LogP contribution in [0.1, 0.15) is 24.0 Å². The highest BCUT2D eigenvalue weighted by Crippen LogP contribution is 2.51. The zero-order valence-electron chi connectivity index (χ0n) is 19.1. The molecule has 0 unspecified atom stereocenters. The lowest BCUT2D eigenvalue weighted by molar-refractivity contribution is -0.137. The quantitative estimate of drug-likeness (QED) is 0.317. The Hall–Kier alpha value is -3.25. The smallest absolute Gasteiger partial charge is 0.417 e. The van der Waals surface area contributed by atoms with Crippen molar-refractivity contribution < 1.29 is 36.5 Å². The molecule has 0 radical (unpaired) electrons. The van der Waals surface area contributed by atoms with Crippen LogP contribution in [0.4, 0.5) is 18.9 Å². The Morgan fingerprint density at radius 1 is 0.972 bits per heavy atom. The highest BCUT2D eigenvalue weighted by Gasteiger charge is 2.51. The number of hydrogen-bond donors (Lipinski definition) is 4. The summed E-state index contributed by atoms with van der Waals surface area (Å²) in [4.78, 5) is 13.3. The Labute approximate surface area is 206 Å². The molecule has 0 saturated heterocycles. The van der Waals surface area contributed by atoms with E-state index in [-0.39, 0.29) is 34.4 Å². The fraction of sp³-hybridized carbons (Fsp3) is 0.240. The van der Waals surface area contributed by atoms with Crippen LogP contribution in [0.5, 0.6) is 11.5 Å². The fourth-order valence-corrected chi connectivity index (χ4v) is 5.02. The summed E-state index contributed by atoms with van der Waals surface area (Å²) in [5, 5.41) is 2.66. The maximum absolute atomic E-state index is 14.0. The Balaban J connectivity index is 1.42. The molecule has 1 heterocycles. The van der Waals surface area contributed by atoms with Gasteiger partial charge in [-0.3, -0.25) is 13.9 Å². The van der Waals surface area contributed by atoms with Gasteiger partial charge in [0.25, 0.3) is 0 Å². The largest absolute Gasteiger partial charge is 0.454 e. The number of carbonyl (C=O) groups is 1. The van der Waals surface area contributed by atoms with Crippen LogP contribution in [0, 0.1) is 0 Å². The number of rotatable bonds is 6. The average molecular weight is 521 g/mol. The summed E-state index contributed by atoms with van der Waals surface area (Å²) in [5.74, 6) is 0.741. The van der Waals surface area contributed by atoms with Crippen LogP contribution in [0.3, 0.4) is 0 Å². The summed E-state index contributed by atoms with van der Waals surface area (Å²) in [6, 6.07) is 14.4. The van der Waals surface area contributed by atoms with Crippen molar-refractivity contribution in [3.05, 3.63) is 71.8 Å². The lowest BCUT2D eigenvalue weighted by atomic mass is 9.94. The molecule has 4 N–H and O–H groups in total. The van der Waals surface area contributed by atoms with E-state index >= 15 is 0 Å². The molecule has 0 spiro atoms.